The molecule has 35 heavy (non-hydrogen) atoms. The highest BCUT2D eigenvalue weighted by Crippen LogP contribution is 2.42. The molecule has 3 fully saturated rings. The second-order valence-electron chi connectivity index (χ2n) is 9.34. The van der Waals surface area contributed by atoms with Crippen LogP contribution in [0.2, 0.25) is 0 Å². The Kier molecular flexibility index (Phi) is 6.23. The number of ether oxygens (including phenoxy) is 2. The normalized spacial score (nSPS) is 24.9. The van der Waals surface area contributed by atoms with Crippen molar-refractivity contribution in [2.75, 3.05) is 6.61 Å². The third-order valence-corrected chi connectivity index (χ3v) is 6.62. The summed E-state index contributed by atoms with van der Waals surface area (Å²) in [6.45, 7) is 0.356. The second-order valence-corrected chi connectivity index (χ2v) is 9.34. The molecule has 2 aliphatic heterocycles. The molecule has 1 aromatic heterocycles. The molecule has 190 valence electrons. The third-order valence-electron chi connectivity index (χ3n) is 6.62. The van der Waals surface area contributed by atoms with Gasteiger partial charge in [0.05, 0.1) is 17.7 Å². The van der Waals surface area contributed by atoms with Crippen molar-refractivity contribution in [3.63, 3.8) is 0 Å². The molecule has 2 saturated heterocycles. The summed E-state index contributed by atoms with van der Waals surface area (Å²) >= 11 is 0. The minimum absolute atomic E-state index is 0.0480. The molecule has 5 rings (SSSR count). The Morgan fingerprint density at radius 1 is 0.829 bits per heavy atom. The van der Waals surface area contributed by atoms with Crippen molar-refractivity contribution in [2.24, 2.45) is 5.92 Å². The molecule has 3 heterocycles. The second kappa shape index (κ2) is 9.07. The van der Waals surface area contributed by atoms with Gasteiger partial charge in [-0.3, -0.25) is 0 Å². The van der Waals surface area contributed by atoms with Gasteiger partial charge in [0.1, 0.15) is 6.10 Å². The standard InChI is InChI=1S/C24H24F6N2O3/c25-23(26,27)15-3-7-20(21(9-15)33-13-14-1-2-14)34-19-10-17-5-6-18(11-19)32(17)35-22-8-4-16(12-31-22)24(28,29)30/h3-4,7-9,12,14,17-19H,1-2,5-6,10-11,13H2/t17-,18+,19+. The van der Waals surface area contributed by atoms with E-state index >= 15 is 0 Å². The van der Waals surface area contributed by atoms with E-state index in [0.29, 0.717) is 25.4 Å². The zero-order valence-corrected chi connectivity index (χ0v) is 18.6. The molecule has 5 nitrogen and oxygen atoms in total. The predicted octanol–water partition coefficient (Wildman–Crippen LogP) is 6.28. The molecule has 0 radical (unpaired) electrons. The van der Waals surface area contributed by atoms with Gasteiger partial charge < -0.3 is 14.3 Å². The Labute approximate surface area is 197 Å². The summed E-state index contributed by atoms with van der Waals surface area (Å²) in [6.07, 6.45) is -3.74. The summed E-state index contributed by atoms with van der Waals surface area (Å²) < 4.78 is 89.7. The Bertz CT molecular complexity index is 1030. The number of benzene rings is 1. The number of alkyl halides is 6. The van der Waals surface area contributed by atoms with E-state index in [1.807, 2.05) is 0 Å². The molecule has 0 spiro atoms. The molecule has 0 unspecified atom stereocenters. The lowest BCUT2D eigenvalue weighted by Crippen LogP contribution is -2.48. The number of piperidine rings is 1. The summed E-state index contributed by atoms with van der Waals surface area (Å²) in [7, 11) is 0. The Balaban J connectivity index is 1.25. The topological polar surface area (TPSA) is 43.8 Å². The fraction of sp³-hybridized carbons (Fsp3) is 0.542. The SMILES string of the molecule is FC(F)(F)c1ccc(ON2[C@@H]3CC[C@H]2C[C@@H](Oc2ccc(C(F)(F)F)cc2OCC2CC2)C3)nc1. The first-order chi connectivity index (χ1) is 16.6. The lowest BCUT2D eigenvalue weighted by atomic mass is 10.0. The van der Waals surface area contributed by atoms with Crippen LogP contribution < -0.4 is 14.3 Å². The lowest BCUT2D eigenvalue weighted by molar-refractivity contribution is -0.143. The van der Waals surface area contributed by atoms with Gasteiger partial charge in [-0.2, -0.15) is 26.3 Å². The molecule has 3 atom stereocenters. The van der Waals surface area contributed by atoms with Crippen molar-refractivity contribution in [1.29, 1.82) is 0 Å². The van der Waals surface area contributed by atoms with Gasteiger partial charge in [-0.25, -0.2) is 4.98 Å². The van der Waals surface area contributed by atoms with Crippen LogP contribution in [0.1, 0.15) is 49.7 Å². The molecule has 2 aromatic rings. The van der Waals surface area contributed by atoms with Crippen molar-refractivity contribution >= 4 is 0 Å². The molecular formula is C24H24F6N2O3. The summed E-state index contributed by atoms with van der Waals surface area (Å²) in [4.78, 5) is 9.59. The van der Waals surface area contributed by atoms with E-state index in [1.54, 1.807) is 5.06 Å². The third kappa shape index (κ3) is 5.60. The fourth-order valence-electron chi connectivity index (χ4n) is 4.61. The maximum atomic E-state index is 13.2. The minimum atomic E-state index is -4.48. The molecule has 1 aromatic carbocycles. The van der Waals surface area contributed by atoms with Crippen LogP contribution in [0.5, 0.6) is 17.4 Å². The maximum Gasteiger partial charge on any atom is 0.417 e. The first kappa shape index (κ1) is 24.0. The van der Waals surface area contributed by atoms with Gasteiger partial charge in [-0.15, -0.1) is 5.06 Å². The van der Waals surface area contributed by atoms with Crippen molar-refractivity contribution < 1.29 is 40.7 Å². The van der Waals surface area contributed by atoms with Crippen molar-refractivity contribution in [3.8, 4) is 17.4 Å². The number of hydroxylamine groups is 2. The Morgan fingerprint density at radius 2 is 1.49 bits per heavy atom. The van der Waals surface area contributed by atoms with Crippen molar-refractivity contribution in [2.45, 2.75) is 69.1 Å². The van der Waals surface area contributed by atoms with Crippen LogP contribution in [-0.2, 0) is 12.4 Å². The number of rotatable bonds is 7. The first-order valence-electron chi connectivity index (χ1n) is 11.6. The summed E-state index contributed by atoms with van der Waals surface area (Å²) in [5, 5.41) is 1.76. The number of nitrogens with zero attached hydrogens (tertiary/aromatic N) is 2. The van der Waals surface area contributed by atoms with E-state index in [0.717, 1.165) is 50.1 Å². The molecule has 0 amide bonds. The van der Waals surface area contributed by atoms with Gasteiger partial charge >= 0.3 is 12.4 Å². The quantitative estimate of drug-likeness (QED) is 0.417. The minimum Gasteiger partial charge on any atom is -0.489 e. The van der Waals surface area contributed by atoms with E-state index in [-0.39, 0.29) is 35.6 Å². The lowest BCUT2D eigenvalue weighted by Gasteiger charge is -2.37. The van der Waals surface area contributed by atoms with Gasteiger partial charge in [0.15, 0.2) is 11.5 Å². The molecule has 11 heteroatoms. The maximum absolute atomic E-state index is 13.2. The van der Waals surface area contributed by atoms with Crippen LogP contribution in [0.25, 0.3) is 0 Å². The van der Waals surface area contributed by atoms with E-state index in [1.165, 1.54) is 12.1 Å². The Hall–Kier alpha value is -2.69. The molecule has 1 saturated carbocycles. The largest absolute Gasteiger partial charge is 0.489 e. The number of hydrogen-bond acceptors (Lipinski definition) is 5. The van der Waals surface area contributed by atoms with Gasteiger partial charge in [0.25, 0.3) is 0 Å². The molecular weight excluding hydrogens is 478 g/mol. The number of hydrogen-bond donors (Lipinski definition) is 0. The summed E-state index contributed by atoms with van der Waals surface area (Å²) in [5.74, 6) is 0.814. The summed E-state index contributed by atoms with van der Waals surface area (Å²) in [6, 6.07) is 5.30. The number of halogens is 6. The average Bonchev–Trinajstić information content (AvgIpc) is 3.58. The van der Waals surface area contributed by atoms with Gasteiger partial charge in [-0.1, -0.05) is 0 Å². The van der Waals surface area contributed by atoms with Gasteiger partial charge in [0, 0.05) is 37.2 Å². The van der Waals surface area contributed by atoms with Crippen LogP contribution >= 0.6 is 0 Å². The van der Waals surface area contributed by atoms with Crippen molar-refractivity contribution in [1.82, 2.24) is 10.0 Å². The zero-order valence-electron chi connectivity index (χ0n) is 18.6. The van der Waals surface area contributed by atoms with Crippen LogP contribution in [0.15, 0.2) is 36.5 Å². The summed E-state index contributed by atoms with van der Waals surface area (Å²) in [5.41, 5.74) is -1.64. The Morgan fingerprint density at radius 3 is 2.06 bits per heavy atom. The zero-order chi connectivity index (χ0) is 24.8. The van der Waals surface area contributed by atoms with E-state index < -0.39 is 23.5 Å². The van der Waals surface area contributed by atoms with Gasteiger partial charge in [-0.05, 0) is 55.9 Å². The highest BCUT2D eigenvalue weighted by molar-refractivity contribution is 5.44. The van der Waals surface area contributed by atoms with Gasteiger partial charge in [0.2, 0.25) is 5.88 Å². The van der Waals surface area contributed by atoms with E-state index in [2.05, 4.69) is 4.98 Å². The molecule has 0 N–H and O–H groups in total. The van der Waals surface area contributed by atoms with Crippen LogP contribution in [0.4, 0.5) is 26.3 Å². The molecule has 1 aliphatic carbocycles. The predicted molar refractivity (Wildman–Crippen MR) is 112 cm³/mol. The number of pyridine rings is 1. The highest BCUT2D eigenvalue weighted by Gasteiger charge is 2.44. The number of aromatic nitrogens is 1. The number of fused-ring (bicyclic) bond motifs is 2. The van der Waals surface area contributed by atoms with E-state index in [4.69, 9.17) is 14.3 Å². The fourth-order valence-corrected chi connectivity index (χ4v) is 4.61. The molecule has 3 aliphatic rings. The monoisotopic (exact) mass is 502 g/mol. The smallest absolute Gasteiger partial charge is 0.417 e. The van der Waals surface area contributed by atoms with Crippen LogP contribution in [0.3, 0.4) is 0 Å². The highest BCUT2D eigenvalue weighted by atomic mass is 19.4. The van der Waals surface area contributed by atoms with Crippen LogP contribution in [-0.4, -0.2) is 34.8 Å². The van der Waals surface area contributed by atoms with Crippen molar-refractivity contribution in [3.05, 3.63) is 47.7 Å². The molecule has 2 bridgehead atoms. The first-order valence-corrected chi connectivity index (χ1v) is 11.6. The van der Waals surface area contributed by atoms with Crippen LogP contribution in [0, 0.1) is 5.92 Å². The van der Waals surface area contributed by atoms with E-state index in [9.17, 15) is 26.3 Å². The average molecular weight is 502 g/mol.